The molecule has 0 spiro atoms. The molecule has 1 amide bonds. The monoisotopic (exact) mass is 346 g/mol. The molecular weight excluding hydrogens is 328 g/mol. The van der Waals surface area contributed by atoms with Gasteiger partial charge in [0.2, 0.25) is 0 Å². The van der Waals surface area contributed by atoms with E-state index in [1.807, 2.05) is 60.7 Å². The molecule has 1 fully saturated rings. The summed E-state index contributed by atoms with van der Waals surface area (Å²) in [5, 5.41) is 6.17. The lowest BCUT2D eigenvalue weighted by Gasteiger charge is -2.27. The van der Waals surface area contributed by atoms with E-state index >= 15 is 0 Å². The van der Waals surface area contributed by atoms with Crippen LogP contribution in [0.1, 0.15) is 11.1 Å². The predicted octanol–water partition coefficient (Wildman–Crippen LogP) is 1.93. The average molecular weight is 346 g/mol. The van der Waals surface area contributed by atoms with Gasteiger partial charge < -0.3 is 10.6 Å². The molecule has 0 atom stereocenters. The summed E-state index contributed by atoms with van der Waals surface area (Å²) in [5.41, 5.74) is 0.816. The fourth-order valence-corrected chi connectivity index (χ4v) is 2.65. The Hall–Kier alpha value is -2.05. The Labute approximate surface area is 143 Å². The maximum atomic E-state index is 12.4. The molecule has 3 rings (SSSR count). The maximum Gasteiger partial charge on any atom is 0.261 e. The number of benzene rings is 2. The summed E-state index contributed by atoms with van der Waals surface area (Å²) < 4.78 is 9.56. The van der Waals surface area contributed by atoms with E-state index in [-0.39, 0.29) is 5.91 Å². The molecule has 120 valence electrons. The summed E-state index contributed by atoms with van der Waals surface area (Å²) >= 11 is 5.10. The van der Waals surface area contributed by atoms with Gasteiger partial charge in [-0.2, -0.15) is 0 Å². The van der Waals surface area contributed by atoms with Crippen molar-refractivity contribution >= 4 is 34.0 Å². The zero-order valence-corrected chi connectivity index (χ0v) is 14.5. The molecule has 0 aromatic heterocycles. The predicted molar refractivity (Wildman–Crippen MR) is 97.5 cm³/mol. The Bertz CT molecular complexity index is 674. The van der Waals surface area contributed by atoms with E-state index in [4.69, 9.17) is 12.2 Å². The van der Waals surface area contributed by atoms with E-state index in [0.717, 1.165) is 11.1 Å². The topological polar surface area (TPSA) is 58.2 Å². The van der Waals surface area contributed by atoms with Gasteiger partial charge in [0.05, 0.1) is 0 Å². The first-order chi connectivity index (χ1) is 11.0. The normalized spacial score (nSPS) is 15.4. The molecule has 0 aliphatic carbocycles. The lowest BCUT2D eigenvalue weighted by Crippen LogP contribution is -2.44. The van der Waals surface area contributed by atoms with E-state index < -0.39 is 16.3 Å². The van der Waals surface area contributed by atoms with Crippen molar-refractivity contribution in [3.8, 4) is 0 Å². The number of nitrogens with one attached hydrogen (secondary N) is 2. The number of amides is 1. The third kappa shape index (κ3) is 3.83. The maximum absolute atomic E-state index is 12.4. The molecule has 1 aliphatic rings. The van der Waals surface area contributed by atoms with Crippen LogP contribution in [0.15, 0.2) is 60.7 Å². The van der Waals surface area contributed by atoms with Gasteiger partial charge >= 0.3 is 0 Å². The Morgan fingerprint density at radius 1 is 0.913 bits per heavy atom. The molecule has 2 aromatic rings. The first-order valence-electron chi connectivity index (χ1n) is 6.96. The van der Waals surface area contributed by atoms with Crippen LogP contribution < -0.4 is 10.6 Å². The highest BCUT2D eigenvalue weighted by molar-refractivity contribution is 7.83. The summed E-state index contributed by atoms with van der Waals surface area (Å²) in [6.45, 7) is 0. The molecule has 2 aromatic carbocycles. The van der Waals surface area contributed by atoms with Gasteiger partial charge in [0.25, 0.3) is 5.91 Å². The van der Waals surface area contributed by atoms with Crippen molar-refractivity contribution in [3.63, 3.8) is 0 Å². The van der Waals surface area contributed by atoms with E-state index in [1.54, 1.807) is 12.5 Å². The third-order valence-corrected chi connectivity index (χ3v) is 3.49. The van der Waals surface area contributed by atoms with Crippen LogP contribution in [0, 0.1) is 0 Å². The largest absolute Gasteiger partial charge is 0.341 e. The summed E-state index contributed by atoms with van der Waals surface area (Å²) in [6.07, 6.45) is 3.28. The van der Waals surface area contributed by atoms with E-state index in [1.165, 1.54) is 0 Å². The van der Waals surface area contributed by atoms with Gasteiger partial charge in [0.15, 0.2) is 10.7 Å². The van der Waals surface area contributed by atoms with Crippen molar-refractivity contribution in [2.45, 2.75) is 5.54 Å². The minimum Gasteiger partial charge on any atom is -0.341 e. The molecule has 1 saturated heterocycles. The molecular formula is C17H18N2O2S2. The van der Waals surface area contributed by atoms with Crippen molar-refractivity contribution < 1.29 is 9.00 Å². The van der Waals surface area contributed by atoms with Crippen LogP contribution in [0.2, 0.25) is 0 Å². The molecule has 0 bridgehead atoms. The molecule has 2 N–H and O–H groups in total. The average Bonchev–Trinajstić information content (AvgIpc) is 2.84. The fourth-order valence-electron chi connectivity index (χ4n) is 2.40. The Kier molecular flexibility index (Phi) is 5.63. The molecule has 6 heteroatoms. The van der Waals surface area contributed by atoms with Crippen LogP contribution in [-0.2, 0) is 21.1 Å². The lowest BCUT2D eigenvalue weighted by molar-refractivity contribution is -0.122. The van der Waals surface area contributed by atoms with E-state index in [0.29, 0.717) is 5.11 Å². The zero-order chi connectivity index (χ0) is 16.9. The third-order valence-electron chi connectivity index (χ3n) is 3.28. The summed E-state index contributed by atoms with van der Waals surface area (Å²) in [4.78, 5) is 12.4. The van der Waals surface area contributed by atoms with Gasteiger partial charge in [-0.05, 0) is 23.3 Å². The smallest absolute Gasteiger partial charge is 0.261 e. The number of thiocarbonyl (C=S) groups is 1. The number of hydrogen-bond donors (Lipinski definition) is 2. The number of carbonyl (C=O) groups excluding carboxylic acids is 1. The van der Waals surface area contributed by atoms with Crippen molar-refractivity contribution in [2.75, 3.05) is 12.5 Å². The van der Waals surface area contributed by atoms with Crippen LogP contribution in [0.3, 0.4) is 0 Å². The molecule has 23 heavy (non-hydrogen) atoms. The van der Waals surface area contributed by atoms with Gasteiger partial charge in [-0.3, -0.25) is 9.00 Å². The molecule has 1 aliphatic heterocycles. The fraction of sp³-hybridized carbons (Fsp3) is 0.176. The van der Waals surface area contributed by atoms with Gasteiger partial charge in [-0.15, -0.1) is 0 Å². The quantitative estimate of drug-likeness (QED) is 0.816. The molecule has 0 unspecified atom stereocenters. The van der Waals surface area contributed by atoms with Crippen LogP contribution in [0.4, 0.5) is 0 Å². The van der Waals surface area contributed by atoms with Crippen molar-refractivity contribution in [2.24, 2.45) is 0 Å². The van der Waals surface area contributed by atoms with Crippen LogP contribution >= 0.6 is 12.2 Å². The van der Waals surface area contributed by atoms with Gasteiger partial charge in [-0.1, -0.05) is 60.7 Å². The van der Waals surface area contributed by atoms with Gasteiger partial charge in [0.1, 0.15) is 0 Å². The molecule has 1 heterocycles. The highest BCUT2D eigenvalue weighted by atomic mass is 32.2. The van der Waals surface area contributed by atoms with Crippen molar-refractivity contribution in [1.29, 1.82) is 0 Å². The van der Waals surface area contributed by atoms with Crippen molar-refractivity contribution in [3.05, 3.63) is 71.8 Å². The molecule has 4 nitrogen and oxygen atoms in total. The number of carbonyl (C=O) groups is 1. The first kappa shape index (κ1) is 17.3. The van der Waals surface area contributed by atoms with Gasteiger partial charge in [-0.25, -0.2) is 0 Å². The van der Waals surface area contributed by atoms with Crippen LogP contribution in [-0.4, -0.2) is 27.7 Å². The standard InChI is InChI=1S/C15H12N2OS.C2H6OS/c18-13-15(17-14(19)16-13,11-7-3-1-4-8-11)12-9-5-2-6-10-12;1-4(2)3/h1-10H,(H2,16,17,18,19);1-2H3. The number of hydrogen-bond acceptors (Lipinski definition) is 3. The summed E-state index contributed by atoms with van der Waals surface area (Å²) in [7, 11) is -0.611. The minimum atomic E-state index is -0.931. The van der Waals surface area contributed by atoms with Gasteiger partial charge in [0, 0.05) is 23.3 Å². The second-order valence-corrected chi connectivity index (χ2v) is 7.02. The van der Waals surface area contributed by atoms with E-state index in [2.05, 4.69) is 10.6 Å². The highest BCUT2D eigenvalue weighted by Gasteiger charge is 2.47. The second kappa shape index (κ2) is 7.48. The second-order valence-electron chi connectivity index (χ2n) is 5.13. The lowest BCUT2D eigenvalue weighted by atomic mass is 9.83. The summed E-state index contributed by atoms with van der Waals surface area (Å²) in [6, 6.07) is 19.2. The van der Waals surface area contributed by atoms with Crippen LogP contribution in [0.5, 0.6) is 0 Å². The highest BCUT2D eigenvalue weighted by Crippen LogP contribution is 2.32. The summed E-state index contributed by atoms with van der Waals surface area (Å²) in [5.74, 6) is -0.144. The van der Waals surface area contributed by atoms with Crippen molar-refractivity contribution in [1.82, 2.24) is 10.6 Å². The Morgan fingerprint density at radius 3 is 1.61 bits per heavy atom. The molecule has 0 saturated carbocycles. The van der Waals surface area contributed by atoms with Crippen LogP contribution in [0.25, 0.3) is 0 Å². The zero-order valence-electron chi connectivity index (χ0n) is 12.9. The minimum absolute atomic E-state index is 0.144. The number of rotatable bonds is 2. The Morgan fingerprint density at radius 2 is 1.30 bits per heavy atom. The Balaban J connectivity index is 0.000000433. The SMILES string of the molecule is CS(C)=O.O=C1NC(=S)NC1(c1ccccc1)c1ccccc1. The molecule has 0 radical (unpaired) electrons. The van der Waals surface area contributed by atoms with E-state index in [9.17, 15) is 9.00 Å². The first-order valence-corrected chi connectivity index (χ1v) is 9.34.